The SMILES string of the molecule is CCC[C](CCC)=[Hf]([CH3])([CH3])([CH]1C=Cc2c(-c3ccc(C(C)(C)C)cc3C)cccc21)[CH]1C=Cc2c(-c3ccc(C(C)(C)C)cc3C)cccc21. The molecule has 1 heteroatoms. The number of aryl methyl sites for hydroxylation is 2. The number of fused-ring (bicyclic) bond motifs is 2. The van der Waals surface area contributed by atoms with Gasteiger partial charge in [0.15, 0.2) is 0 Å². The summed E-state index contributed by atoms with van der Waals surface area (Å²) in [7, 11) is 0. The van der Waals surface area contributed by atoms with E-state index in [4.69, 9.17) is 0 Å². The quantitative estimate of drug-likeness (QED) is 0.155. The summed E-state index contributed by atoms with van der Waals surface area (Å²) in [6.07, 6.45) is 15.3. The molecular weight excluding hydrogens is 767 g/mol. The Balaban J connectivity index is 1.53. The molecule has 0 aliphatic heterocycles. The molecule has 0 aromatic heterocycles. The van der Waals surface area contributed by atoms with Crippen LogP contribution >= 0.6 is 0 Å². The Morgan fingerprint density at radius 2 is 0.960 bits per heavy atom. The van der Waals surface area contributed by atoms with Crippen molar-refractivity contribution in [1.82, 2.24) is 0 Å². The molecule has 0 saturated heterocycles. The number of rotatable bonds is 8. The van der Waals surface area contributed by atoms with Crippen LogP contribution < -0.4 is 0 Å². The van der Waals surface area contributed by atoms with E-state index in [2.05, 4.69) is 176 Å². The van der Waals surface area contributed by atoms with Gasteiger partial charge in [-0.2, -0.15) is 0 Å². The van der Waals surface area contributed by atoms with Gasteiger partial charge < -0.3 is 0 Å². The summed E-state index contributed by atoms with van der Waals surface area (Å²) in [6, 6.07) is 28.7. The zero-order valence-corrected chi connectivity index (χ0v) is 36.8. The van der Waals surface area contributed by atoms with Gasteiger partial charge in [-0.05, 0) is 0 Å². The molecule has 2 aliphatic carbocycles. The summed E-state index contributed by atoms with van der Waals surface area (Å²) < 4.78 is 8.56. The fraction of sp³-hybridized carbons (Fsp3) is 0.408. The maximum absolute atomic E-state index is 4.12. The van der Waals surface area contributed by atoms with Crippen LogP contribution in [0.3, 0.4) is 0 Å². The predicted molar refractivity (Wildman–Crippen MR) is 221 cm³/mol. The first kappa shape index (κ1) is 36.9. The average Bonchev–Trinajstić information content (AvgIpc) is 3.70. The van der Waals surface area contributed by atoms with E-state index in [0.717, 1.165) is 0 Å². The van der Waals surface area contributed by atoms with Crippen LogP contribution in [0.5, 0.6) is 0 Å². The summed E-state index contributed by atoms with van der Waals surface area (Å²) in [5, 5.41) is 0. The number of hydrogen-bond donors (Lipinski definition) is 0. The van der Waals surface area contributed by atoms with Crippen molar-refractivity contribution in [2.75, 3.05) is 0 Å². The molecule has 0 fully saturated rings. The molecular formula is C49H62Hf. The zero-order chi connectivity index (χ0) is 36.2. The van der Waals surface area contributed by atoms with Crippen LogP contribution in [-0.4, -0.2) is 3.26 Å². The summed E-state index contributed by atoms with van der Waals surface area (Å²) in [5.41, 5.74) is 17.4. The monoisotopic (exact) mass is 830 g/mol. The molecule has 4 aromatic rings. The van der Waals surface area contributed by atoms with Crippen LogP contribution in [0.2, 0.25) is 9.36 Å². The molecule has 0 spiro atoms. The van der Waals surface area contributed by atoms with Crippen molar-refractivity contribution in [3.05, 3.63) is 129 Å². The second kappa shape index (κ2) is 13.3. The van der Waals surface area contributed by atoms with Crippen molar-refractivity contribution in [2.45, 2.75) is 122 Å². The minimum atomic E-state index is -4.12. The first-order chi connectivity index (χ1) is 23.5. The van der Waals surface area contributed by atoms with E-state index in [9.17, 15) is 0 Å². The van der Waals surface area contributed by atoms with Crippen molar-refractivity contribution in [1.29, 1.82) is 0 Å². The second-order valence-electron chi connectivity index (χ2n) is 18.6. The molecule has 4 aromatic carbocycles. The van der Waals surface area contributed by atoms with Crippen molar-refractivity contribution < 1.29 is 18.0 Å². The Kier molecular flexibility index (Phi) is 9.78. The van der Waals surface area contributed by atoms with Gasteiger partial charge in [-0.3, -0.25) is 0 Å². The van der Waals surface area contributed by atoms with Gasteiger partial charge in [0.1, 0.15) is 0 Å². The Morgan fingerprint density at radius 1 is 0.560 bits per heavy atom. The molecule has 262 valence electrons. The number of hydrogen-bond acceptors (Lipinski definition) is 0. The van der Waals surface area contributed by atoms with Gasteiger partial charge in [0.05, 0.1) is 0 Å². The molecule has 2 aliphatic rings. The normalized spacial score (nSPS) is 17.3. The van der Waals surface area contributed by atoms with E-state index < -0.39 is 18.0 Å². The number of benzene rings is 4. The van der Waals surface area contributed by atoms with Crippen LogP contribution in [0, 0.1) is 13.8 Å². The van der Waals surface area contributed by atoms with Crippen molar-refractivity contribution >= 4 is 15.4 Å². The van der Waals surface area contributed by atoms with E-state index in [0.29, 0.717) is 7.35 Å². The minimum absolute atomic E-state index is 0.141. The average molecular weight is 830 g/mol. The van der Waals surface area contributed by atoms with Gasteiger partial charge in [-0.25, -0.2) is 0 Å². The summed E-state index contributed by atoms with van der Waals surface area (Å²) in [6.45, 7) is 23.3. The van der Waals surface area contributed by atoms with Gasteiger partial charge in [-0.15, -0.1) is 0 Å². The molecule has 50 heavy (non-hydrogen) atoms. The van der Waals surface area contributed by atoms with Crippen LogP contribution in [0.25, 0.3) is 34.4 Å². The summed E-state index contributed by atoms with van der Waals surface area (Å²) in [4.78, 5) is 0. The second-order valence-corrected chi connectivity index (χ2v) is 44.3. The van der Waals surface area contributed by atoms with Gasteiger partial charge in [-0.1, -0.05) is 0 Å². The summed E-state index contributed by atoms with van der Waals surface area (Å²) in [5.74, 6) is 0. The Hall–Kier alpha value is -2.90. The molecule has 2 atom stereocenters. The Morgan fingerprint density at radius 3 is 1.30 bits per heavy atom. The third-order valence-electron chi connectivity index (χ3n) is 12.8. The molecule has 2 unspecified atom stereocenters. The molecule has 0 heterocycles. The fourth-order valence-corrected chi connectivity index (χ4v) is 35.4. The van der Waals surface area contributed by atoms with Gasteiger partial charge in [0.2, 0.25) is 0 Å². The standard InChI is InChI=1S/2C20H21.C7H14.2CH3.Hf/c2*1-14-13-16(20(2,3)4)11-12-17(14)19-10-6-8-15-7-5-9-18(15)19;1-3-5-7-6-4-2;;;/h2*5-13H,1-4H3;3-6H2,1-2H3;2*1H3;. The molecule has 0 saturated carbocycles. The molecule has 0 bridgehead atoms. The van der Waals surface area contributed by atoms with Gasteiger partial charge >= 0.3 is 308 Å². The van der Waals surface area contributed by atoms with Gasteiger partial charge in [0.25, 0.3) is 0 Å². The number of allylic oxidation sites excluding steroid dienone is 2. The maximum atomic E-state index is 2.85. The van der Waals surface area contributed by atoms with Crippen LogP contribution in [0.4, 0.5) is 0 Å². The molecule has 0 radical (unpaired) electrons. The van der Waals surface area contributed by atoms with E-state index in [1.54, 1.807) is 11.1 Å². The van der Waals surface area contributed by atoms with Crippen LogP contribution in [0.1, 0.15) is 133 Å². The van der Waals surface area contributed by atoms with E-state index in [-0.39, 0.29) is 10.8 Å². The molecule has 6 rings (SSSR count). The van der Waals surface area contributed by atoms with Crippen LogP contribution in [-0.2, 0) is 28.8 Å². The first-order valence-corrected chi connectivity index (χ1v) is 32.5. The Bertz CT molecular complexity index is 1930. The van der Waals surface area contributed by atoms with Crippen molar-refractivity contribution in [3.63, 3.8) is 0 Å². The molecule has 0 N–H and O–H groups in total. The van der Waals surface area contributed by atoms with E-state index in [1.807, 2.05) is 3.26 Å². The zero-order valence-electron chi connectivity index (χ0n) is 33.2. The van der Waals surface area contributed by atoms with Crippen LogP contribution in [0.15, 0.2) is 84.9 Å². The topological polar surface area (TPSA) is 0 Å². The first-order valence-electron chi connectivity index (χ1n) is 19.4. The third-order valence-corrected chi connectivity index (χ3v) is 39.9. The van der Waals surface area contributed by atoms with Gasteiger partial charge in [0, 0.05) is 0 Å². The van der Waals surface area contributed by atoms with E-state index in [1.165, 1.54) is 81.3 Å². The fourth-order valence-electron chi connectivity index (χ4n) is 9.71. The molecule has 0 nitrogen and oxygen atoms in total. The third kappa shape index (κ3) is 6.18. The van der Waals surface area contributed by atoms with Crippen molar-refractivity contribution in [3.8, 4) is 22.3 Å². The van der Waals surface area contributed by atoms with Crippen molar-refractivity contribution in [2.24, 2.45) is 0 Å². The molecule has 0 amide bonds. The predicted octanol–water partition coefficient (Wildman–Crippen LogP) is 14.6. The van der Waals surface area contributed by atoms with E-state index >= 15 is 0 Å². The Labute approximate surface area is 305 Å². The summed E-state index contributed by atoms with van der Waals surface area (Å²) >= 11 is -4.12.